The zero-order chi connectivity index (χ0) is 15.1. The van der Waals surface area contributed by atoms with Crippen molar-refractivity contribution >= 4 is 58.0 Å². The van der Waals surface area contributed by atoms with E-state index in [2.05, 4.69) is 10.5 Å². The molecule has 0 fully saturated rings. The maximum absolute atomic E-state index is 11.8. The second-order valence-corrected chi connectivity index (χ2v) is 5.13. The molecule has 1 N–H and O–H groups in total. The van der Waals surface area contributed by atoms with Crippen LogP contribution in [-0.2, 0) is 4.79 Å². The topological polar surface area (TPSA) is 50.7 Å². The van der Waals surface area contributed by atoms with Crippen molar-refractivity contribution in [3.8, 4) is 5.75 Å². The number of alkyl halides is 2. The summed E-state index contributed by atoms with van der Waals surface area (Å²) >= 11 is 22.9. The van der Waals surface area contributed by atoms with Crippen molar-refractivity contribution in [1.29, 1.82) is 0 Å². The first-order valence-electron chi connectivity index (χ1n) is 5.56. The Morgan fingerprint density at radius 1 is 1.35 bits per heavy atom. The minimum absolute atomic E-state index is 0.141. The van der Waals surface area contributed by atoms with Gasteiger partial charge < -0.3 is 4.74 Å². The van der Waals surface area contributed by atoms with E-state index in [0.29, 0.717) is 21.5 Å². The maximum Gasteiger partial charge on any atom is 0.280 e. The summed E-state index contributed by atoms with van der Waals surface area (Å²) in [6.45, 7) is 1.57. The van der Waals surface area contributed by atoms with Gasteiger partial charge in [-0.1, -0.05) is 23.2 Å². The third-order valence-corrected chi connectivity index (χ3v) is 3.35. The predicted octanol–water partition coefficient (Wildman–Crippen LogP) is 3.71. The third-order valence-electron chi connectivity index (χ3n) is 2.20. The molecule has 0 aliphatic rings. The molecule has 0 aromatic heterocycles. The number of amides is 1. The number of hydrogen-bond donors (Lipinski definition) is 1. The Labute approximate surface area is 137 Å². The summed E-state index contributed by atoms with van der Waals surface area (Å²) in [5.74, 6) is 0.200. The first kappa shape index (κ1) is 17.4. The number of ether oxygens (including phenoxy) is 1. The number of carbonyl (C=O) groups excluding carboxylic acids is 1. The van der Waals surface area contributed by atoms with E-state index in [-0.39, 0.29) is 11.8 Å². The summed E-state index contributed by atoms with van der Waals surface area (Å²) in [7, 11) is 0. The third kappa shape index (κ3) is 5.37. The van der Waals surface area contributed by atoms with Crippen molar-refractivity contribution in [2.24, 2.45) is 5.10 Å². The summed E-state index contributed by atoms with van der Waals surface area (Å²) in [4.78, 5) is 11.8. The van der Waals surface area contributed by atoms with Crippen LogP contribution in [0, 0.1) is 0 Å². The predicted molar refractivity (Wildman–Crippen MR) is 83.6 cm³/mol. The molecular weight excluding hydrogens is 346 g/mol. The molecule has 0 radical (unpaired) electrons. The van der Waals surface area contributed by atoms with Crippen molar-refractivity contribution in [3.05, 3.63) is 28.2 Å². The molecule has 1 rings (SSSR count). The van der Waals surface area contributed by atoms with Crippen LogP contribution in [0.2, 0.25) is 10.0 Å². The first-order chi connectivity index (χ1) is 9.47. The van der Waals surface area contributed by atoms with Gasteiger partial charge in [-0.2, -0.15) is 5.10 Å². The second-order valence-electron chi connectivity index (χ2n) is 3.76. The highest BCUT2D eigenvalue weighted by Crippen LogP contribution is 2.28. The molecule has 0 aliphatic heterocycles. The Hall–Kier alpha value is -0.680. The van der Waals surface area contributed by atoms with Gasteiger partial charge in [0, 0.05) is 5.02 Å². The van der Waals surface area contributed by atoms with Crippen LogP contribution in [0.15, 0.2) is 23.3 Å². The fourth-order valence-electron chi connectivity index (χ4n) is 1.14. The highest BCUT2D eigenvalue weighted by atomic mass is 35.5. The monoisotopic (exact) mass is 356 g/mol. The molecule has 0 saturated carbocycles. The largest absolute Gasteiger partial charge is 0.479 e. The van der Waals surface area contributed by atoms with E-state index in [1.54, 1.807) is 19.1 Å². The molecule has 0 aliphatic carbocycles. The number of hydrogen-bond acceptors (Lipinski definition) is 3. The summed E-state index contributed by atoms with van der Waals surface area (Å²) in [6, 6.07) is 4.73. The van der Waals surface area contributed by atoms with E-state index >= 15 is 0 Å². The molecule has 1 atom stereocenters. The van der Waals surface area contributed by atoms with Gasteiger partial charge in [0.05, 0.1) is 22.5 Å². The summed E-state index contributed by atoms with van der Waals surface area (Å²) in [6.07, 6.45) is -0.788. The van der Waals surface area contributed by atoms with Crippen LogP contribution in [0.5, 0.6) is 5.75 Å². The van der Waals surface area contributed by atoms with Crippen LogP contribution in [0.1, 0.15) is 6.92 Å². The lowest BCUT2D eigenvalue weighted by Gasteiger charge is -2.14. The summed E-state index contributed by atoms with van der Waals surface area (Å²) in [5, 5.41) is 4.59. The lowest BCUT2D eigenvalue weighted by Crippen LogP contribution is -2.34. The minimum Gasteiger partial charge on any atom is -0.479 e. The molecule has 8 heteroatoms. The fraction of sp³-hybridized carbons (Fsp3) is 0.333. The summed E-state index contributed by atoms with van der Waals surface area (Å²) in [5.41, 5.74) is 2.78. The Morgan fingerprint density at radius 3 is 2.55 bits per heavy atom. The number of carbonyl (C=O) groups is 1. The number of nitrogens with one attached hydrogen (secondary N) is 1. The molecule has 110 valence electrons. The second kappa shape index (κ2) is 8.57. The van der Waals surface area contributed by atoms with E-state index in [0.717, 1.165) is 0 Å². The number of benzene rings is 1. The van der Waals surface area contributed by atoms with Crippen molar-refractivity contribution in [2.45, 2.75) is 13.0 Å². The molecule has 0 unspecified atom stereocenters. The van der Waals surface area contributed by atoms with Crippen LogP contribution in [0.4, 0.5) is 0 Å². The molecule has 0 saturated heterocycles. The zero-order valence-electron chi connectivity index (χ0n) is 10.5. The molecule has 0 heterocycles. The van der Waals surface area contributed by atoms with Crippen LogP contribution < -0.4 is 10.2 Å². The maximum atomic E-state index is 11.8. The quantitative estimate of drug-likeness (QED) is 0.479. The van der Waals surface area contributed by atoms with Gasteiger partial charge in [-0.3, -0.25) is 4.79 Å². The van der Waals surface area contributed by atoms with Crippen molar-refractivity contribution < 1.29 is 9.53 Å². The normalized spacial score (nSPS) is 11.7. The van der Waals surface area contributed by atoms with E-state index in [1.807, 2.05) is 0 Å². The molecule has 1 aromatic rings. The number of halogens is 4. The molecule has 20 heavy (non-hydrogen) atoms. The smallest absolute Gasteiger partial charge is 0.280 e. The van der Waals surface area contributed by atoms with Crippen LogP contribution in [-0.4, -0.2) is 29.5 Å². The zero-order valence-corrected chi connectivity index (χ0v) is 13.5. The molecular formula is C12H12Cl4N2O2. The van der Waals surface area contributed by atoms with Crippen molar-refractivity contribution in [1.82, 2.24) is 5.43 Å². The average Bonchev–Trinajstić information content (AvgIpc) is 2.42. The van der Waals surface area contributed by atoms with Gasteiger partial charge in [0.2, 0.25) is 0 Å². The Morgan fingerprint density at radius 2 is 2.00 bits per heavy atom. The van der Waals surface area contributed by atoms with Crippen molar-refractivity contribution in [3.63, 3.8) is 0 Å². The molecule has 1 amide bonds. The van der Waals surface area contributed by atoms with E-state index < -0.39 is 12.0 Å². The SMILES string of the molecule is C[C@@H](Oc1ccc(Cl)cc1Cl)C(=O)NN=C(CCl)CCl. The fourth-order valence-corrected chi connectivity index (χ4v) is 1.99. The van der Waals surface area contributed by atoms with E-state index in [4.69, 9.17) is 51.1 Å². The number of rotatable bonds is 6. The number of hydrazone groups is 1. The van der Waals surface area contributed by atoms with Gasteiger partial charge in [-0.25, -0.2) is 5.43 Å². The van der Waals surface area contributed by atoms with E-state index in [9.17, 15) is 4.79 Å². The molecule has 0 spiro atoms. The van der Waals surface area contributed by atoms with Gasteiger partial charge in [0.25, 0.3) is 5.91 Å². The molecule has 1 aromatic carbocycles. The highest BCUT2D eigenvalue weighted by Gasteiger charge is 2.16. The summed E-state index contributed by atoms with van der Waals surface area (Å²) < 4.78 is 5.42. The Bertz CT molecular complexity index is 502. The molecule has 0 bridgehead atoms. The average molecular weight is 358 g/mol. The standard InChI is InChI=1S/C12H12Cl4N2O2/c1-7(12(19)18-17-9(5-13)6-14)20-11-3-2-8(15)4-10(11)16/h2-4,7H,5-6H2,1H3,(H,18,19)/t7-/m1/s1. The Kier molecular flexibility index (Phi) is 7.45. The lowest BCUT2D eigenvalue weighted by atomic mass is 10.3. The lowest BCUT2D eigenvalue weighted by molar-refractivity contribution is -0.127. The minimum atomic E-state index is -0.788. The first-order valence-corrected chi connectivity index (χ1v) is 7.39. The van der Waals surface area contributed by atoms with Gasteiger partial charge in [-0.05, 0) is 25.1 Å². The van der Waals surface area contributed by atoms with Crippen LogP contribution in [0.3, 0.4) is 0 Å². The van der Waals surface area contributed by atoms with Gasteiger partial charge in [0.15, 0.2) is 6.10 Å². The van der Waals surface area contributed by atoms with E-state index in [1.165, 1.54) is 6.07 Å². The Balaban J connectivity index is 2.64. The van der Waals surface area contributed by atoms with Gasteiger partial charge in [-0.15, -0.1) is 23.2 Å². The molecule has 4 nitrogen and oxygen atoms in total. The van der Waals surface area contributed by atoms with Gasteiger partial charge in [0.1, 0.15) is 5.75 Å². The highest BCUT2D eigenvalue weighted by molar-refractivity contribution is 6.37. The number of nitrogens with zero attached hydrogens (tertiary/aromatic N) is 1. The van der Waals surface area contributed by atoms with Crippen LogP contribution in [0.25, 0.3) is 0 Å². The van der Waals surface area contributed by atoms with Crippen LogP contribution >= 0.6 is 46.4 Å². The van der Waals surface area contributed by atoms with Gasteiger partial charge >= 0.3 is 0 Å². The van der Waals surface area contributed by atoms with Crippen molar-refractivity contribution in [2.75, 3.05) is 11.8 Å².